The van der Waals surface area contributed by atoms with Crippen LogP contribution in [0.4, 0.5) is 0 Å². The van der Waals surface area contributed by atoms with Gasteiger partial charge in [0.05, 0.1) is 0 Å². The summed E-state index contributed by atoms with van der Waals surface area (Å²) in [6, 6.07) is 0. The molecule has 0 N–H and O–H groups in total. The van der Waals surface area contributed by atoms with Gasteiger partial charge in [-0.2, -0.15) is 0 Å². The van der Waals surface area contributed by atoms with Gasteiger partial charge < -0.3 is 0 Å². The van der Waals surface area contributed by atoms with Crippen LogP contribution in [0.2, 0.25) is 0 Å². The Bertz CT molecular complexity index is 207. The van der Waals surface area contributed by atoms with Crippen molar-refractivity contribution in [3.8, 4) is 0 Å². The third kappa shape index (κ3) is 2.28. The fraction of sp³-hybridized carbons (Fsp3) is 0.500. The monoisotopic (exact) mass is 241 g/mol. The fourth-order valence-electron chi connectivity index (χ4n) is 0.655. The van der Waals surface area contributed by atoms with Crippen LogP contribution in [0.5, 0.6) is 0 Å². The molecule has 0 saturated heterocycles. The lowest BCUT2D eigenvalue weighted by molar-refractivity contribution is 1.29. The van der Waals surface area contributed by atoms with Crippen molar-refractivity contribution < 1.29 is 0 Å². The second-order valence-corrected chi connectivity index (χ2v) is 6.80. The Balaban J connectivity index is 2.99. The maximum atomic E-state index is 2.15. The highest BCUT2D eigenvalue weighted by molar-refractivity contribution is 8.07. The largest absolute Gasteiger partial charge is 0.309 e. The van der Waals surface area contributed by atoms with Crippen LogP contribution < -0.4 is 0 Å². The lowest BCUT2D eigenvalue weighted by atomic mass is 10.8. The van der Waals surface area contributed by atoms with E-state index in [0.29, 0.717) is 0 Å². The van der Waals surface area contributed by atoms with Crippen molar-refractivity contribution in [1.82, 2.24) is 0 Å². The summed E-state index contributed by atoms with van der Waals surface area (Å²) in [5.41, 5.74) is 0. The summed E-state index contributed by atoms with van der Waals surface area (Å²) in [6.07, 6.45) is 6.43. The zero-order valence-corrected chi connectivity index (χ0v) is 10.6. The summed E-state index contributed by atoms with van der Waals surface area (Å²) in [4.78, 5) is 1.47. The molecule has 0 unspecified atom stereocenters. The smallest absolute Gasteiger partial charge is 0.121 e. The topological polar surface area (TPSA) is 0 Å². The third-order valence-corrected chi connectivity index (χ3v) is 7.80. The van der Waals surface area contributed by atoms with E-state index in [0.717, 1.165) is 0 Å². The normalized spacial score (nSPS) is 10.5. The zero-order chi connectivity index (χ0) is 8.27. The first-order valence-corrected chi connectivity index (χ1v) is 8.74. The lowest BCUT2D eigenvalue weighted by Crippen LogP contribution is -1.68. The number of hydrogen-bond acceptors (Lipinski definition) is 4. The van der Waals surface area contributed by atoms with Crippen molar-refractivity contribution >= 4 is 56.0 Å². The number of hydrogen-bond donors (Lipinski definition) is 0. The fourth-order valence-corrected chi connectivity index (χ4v) is 7.73. The van der Waals surface area contributed by atoms with Crippen molar-refractivity contribution in [2.24, 2.45) is 0 Å². The van der Waals surface area contributed by atoms with Gasteiger partial charge in [0.2, 0.25) is 0 Å². The van der Waals surface area contributed by atoms with Gasteiger partial charge in [-0.25, -0.2) is 0 Å². The van der Waals surface area contributed by atoms with Gasteiger partial charge in [-0.1, -0.05) is 11.8 Å². The molecule has 1 heterocycles. The van der Waals surface area contributed by atoms with Gasteiger partial charge in [0.1, 0.15) is 9.10 Å². The van der Waals surface area contributed by atoms with E-state index in [1.807, 2.05) is 56.0 Å². The van der Waals surface area contributed by atoms with Gasteiger partial charge in [0.25, 0.3) is 4.21 Å². The summed E-state index contributed by atoms with van der Waals surface area (Å²) in [6.45, 7) is 0. The van der Waals surface area contributed by atoms with Gasteiger partial charge in [0, 0.05) is 0 Å². The van der Waals surface area contributed by atoms with Crippen LogP contribution in [-0.4, -0.2) is 18.8 Å². The molecule has 0 spiro atoms. The Hall–Kier alpha value is 1.10. The highest BCUT2D eigenvalue weighted by Crippen LogP contribution is 2.44. The van der Waals surface area contributed by atoms with Crippen LogP contribution >= 0.6 is 56.0 Å². The molecule has 1 rings (SSSR count). The zero-order valence-electron chi connectivity index (χ0n) is 6.54. The molecule has 62 valence electrons. The van der Waals surface area contributed by atoms with Crippen molar-refractivity contribution in [3.05, 3.63) is 0 Å². The van der Waals surface area contributed by atoms with Gasteiger partial charge in [-0.3, -0.25) is 0 Å². The maximum Gasteiger partial charge on any atom is 0.309 e. The van der Waals surface area contributed by atoms with E-state index in [4.69, 9.17) is 0 Å². The molecule has 0 saturated carbocycles. The highest BCUT2D eigenvalue weighted by atomic mass is 32.9. The van der Waals surface area contributed by atoms with Crippen LogP contribution in [-0.2, 0) is 0 Å². The molecule has 11 heavy (non-hydrogen) atoms. The molecule has 0 aliphatic carbocycles. The van der Waals surface area contributed by atoms with E-state index in [1.165, 1.54) is 13.3 Å². The third-order valence-electron chi connectivity index (χ3n) is 1.14. The molecule has 0 aliphatic rings. The van der Waals surface area contributed by atoms with Gasteiger partial charge in [-0.15, -0.1) is 23.5 Å². The van der Waals surface area contributed by atoms with Crippen molar-refractivity contribution in [2.75, 3.05) is 18.8 Å². The maximum absolute atomic E-state index is 2.15. The molecule has 1 aromatic rings. The molecule has 0 radical (unpaired) electrons. The van der Waals surface area contributed by atoms with Crippen LogP contribution in [0.25, 0.3) is 0 Å². The molecule has 1 aromatic heterocycles. The Morgan fingerprint density at radius 1 is 1.09 bits per heavy atom. The number of thioether (sulfide) groups is 3. The second-order valence-electron chi connectivity index (χ2n) is 1.68. The minimum Gasteiger partial charge on any atom is -0.121 e. The summed E-state index contributed by atoms with van der Waals surface area (Å²) >= 11 is 5.56. The molecule has 0 atom stereocenters. The van der Waals surface area contributed by atoms with E-state index < -0.39 is 0 Å². The summed E-state index contributed by atoms with van der Waals surface area (Å²) in [5.74, 6) is 0. The van der Waals surface area contributed by atoms with Crippen molar-refractivity contribution in [2.45, 2.75) is 13.3 Å². The minimum absolute atomic E-state index is 1.46. The van der Waals surface area contributed by atoms with E-state index in [1.54, 1.807) is 0 Å². The van der Waals surface area contributed by atoms with Crippen LogP contribution in [0.15, 0.2) is 13.3 Å². The molecule has 0 nitrogen and oxygen atoms in total. The predicted molar refractivity (Wildman–Crippen MR) is 61.9 cm³/mol. The summed E-state index contributed by atoms with van der Waals surface area (Å²) < 4.78 is 2.93. The average molecular weight is 241 g/mol. The number of rotatable bonds is 3. The SMILES string of the molecule is CSc1s[s+]c(SC)c1SC. The molecule has 0 amide bonds. The Kier molecular flexibility index (Phi) is 4.60. The van der Waals surface area contributed by atoms with Crippen LogP contribution in [0.1, 0.15) is 0 Å². The minimum atomic E-state index is 1.46. The van der Waals surface area contributed by atoms with Gasteiger partial charge in [0.15, 0.2) is 10.3 Å². The first-order chi connectivity index (χ1) is 5.33. The lowest BCUT2D eigenvalue weighted by Gasteiger charge is -1.90. The average Bonchev–Trinajstić information content (AvgIpc) is 2.45. The molecule has 5 heteroatoms. The Morgan fingerprint density at radius 3 is 2.27 bits per heavy atom. The molecular weight excluding hydrogens is 232 g/mol. The van der Waals surface area contributed by atoms with E-state index in [-0.39, 0.29) is 0 Å². The molecule has 0 bridgehead atoms. The first kappa shape index (κ1) is 10.2. The molecule has 0 aliphatic heterocycles. The highest BCUT2D eigenvalue weighted by Gasteiger charge is 2.21. The quantitative estimate of drug-likeness (QED) is 0.441. The Morgan fingerprint density at radius 2 is 1.82 bits per heavy atom. The van der Waals surface area contributed by atoms with Crippen molar-refractivity contribution in [3.63, 3.8) is 0 Å². The molecule has 0 fully saturated rings. The van der Waals surface area contributed by atoms with E-state index >= 15 is 0 Å². The molecule has 0 aromatic carbocycles. The van der Waals surface area contributed by atoms with Gasteiger partial charge in [-0.05, 0) is 18.8 Å². The molecular formula is C6H9S5+. The van der Waals surface area contributed by atoms with E-state index in [2.05, 4.69) is 18.8 Å². The predicted octanol–water partition coefficient (Wildman–Crippen LogP) is 4.26. The summed E-state index contributed by atoms with van der Waals surface area (Å²) in [7, 11) is 3.78. The Labute approximate surface area is 87.6 Å². The van der Waals surface area contributed by atoms with E-state index in [9.17, 15) is 0 Å². The summed E-state index contributed by atoms with van der Waals surface area (Å²) in [5, 5.41) is 0. The van der Waals surface area contributed by atoms with Crippen LogP contribution in [0, 0.1) is 0 Å². The van der Waals surface area contributed by atoms with Gasteiger partial charge >= 0.3 is 10.3 Å². The van der Waals surface area contributed by atoms with Crippen molar-refractivity contribution in [1.29, 1.82) is 0 Å². The first-order valence-electron chi connectivity index (χ1n) is 2.91. The second kappa shape index (κ2) is 4.97. The van der Waals surface area contributed by atoms with Crippen LogP contribution in [0.3, 0.4) is 0 Å². The standard InChI is InChI=1S/C6H9S5/c1-7-4-5(8-2)10-11-6(4)9-3/h1-3H3/q+1.